The van der Waals surface area contributed by atoms with Gasteiger partial charge in [0.2, 0.25) is 0 Å². The van der Waals surface area contributed by atoms with E-state index in [9.17, 15) is 4.79 Å². The maximum absolute atomic E-state index is 10.8. The van der Waals surface area contributed by atoms with Gasteiger partial charge in [-0.15, -0.1) is 0 Å². The van der Waals surface area contributed by atoms with Crippen LogP contribution in [0, 0.1) is 0 Å². The predicted molar refractivity (Wildman–Crippen MR) is 97.3 cm³/mol. The average molecular weight is 357 g/mol. The highest BCUT2D eigenvalue weighted by molar-refractivity contribution is 5.68. The molecule has 0 spiro atoms. The van der Waals surface area contributed by atoms with E-state index in [1.54, 1.807) is 6.07 Å². The summed E-state index contributed by atoms with van der Waals surface area (Å²) in [5, 5.41) is 11.9. The Bertz CT molecular complexity index is 753. The van der Waals surface area contributed by atoms with Crippen LogP contribution < -0.4 is 10.1 Å². The Morgan fingerprint density at radius 1 is 1.35 bits per heavy atom. The number of carboxylic acids is 1. The van der Waals surface area contributed by atoms with Gasteiger partial charge in [-0.25, -0.2) is 9.78 Å². The number of morpholine rings is 1. The fourth-order valence-corrected chi connectivity index (χ4v) is 2.95. The highest BCUT2D eigenvalue weighted by Gasteiger charge is 2.24. The van der Waals surface area contributed by atoms with Gasteiger partial charge in [-0.1, -0.05) is 24.3 Å². The lowest BCUT2D eigenvalue weighted by Crippen LogP contribution is -2.38. The molecule has 2 N–H and O–H groups in total. The number of hydrogen-bond donors (Lipinski definition) is 2. The second-order valence-corrected chi connectivity index (χ2v) is 6.08. The molecule has 1 aliphatic rings. The lowest BCUT2D eigenvalue weighted by Gasteiger charge is -2.33. The van der Waals surface area contributed by atoms with E-state index in [2.05, 4.69) is 15.2 Å². The maximum Gasteiger partial charge on any atom is 0.341 e. The van der Waals surface area contributed by atoms with Crippen LogP contribution in [0.1, 0.15) is 17.4 Å². The van der Waals surface area contributed by atoms with Crippen molar-refractivity contribution in [2.45, 2.75) is 12.6 Å². The summed E-state index contributed by atoms with van der Waals surface area (Å²) in [4.78, 5) is 17.6. The molecular formula is C19H23N3O4. The number of nitrogens with one attached hydrogen (secondary N) is 1. The van der Waals surface area contributed by atoms with Gasteiger partial charge >= 0.3 is 5.97 Å². The van der Waals surface area contributed by atoms with E-state index < -0.39 is 5.97 Å². The standard InChI is InChI=1S/C19H23N3O4/c1-20-18-8-4-6-15(21-18)17-12-22(9-10-25-17)11-14-5-2-3-7-16(14)26-13-19(23)24/h2-8,17H,9-13H2,1H3,(H,20,21)(H,23,24)/t17-/m0/s1. The van der Waals surface area contributed by atoms with Crippen molar-refractivity contribution in [2.75, 3.05) is 38.7 Å². The summed E-state index contributed by atoms with van der Waals surface area (Å²) in [5.41, 5.74) is 1.86. The molecule has 1 aromatic heterocycles. The lowest BCUT2D eigenvalue weighted by atomic mass is 10.1. The first-order chi connectivity index (χ1) is 12.7. The summed E-state index contributed by atoms with van der Waals surface area (Å²) < 4.78 is 11.3. The second kappa shape index (κ2) is 8.64. The van der Waals surface area contributed by atoms with Gasteiger partial charge in [0, 0.05) is 32.2 Å². The summed E-state index contributed by atoms with van der Waals surface area (Å²) in [7, 11) is 1.84. The first-order valence-corrected chi connectivity index (χ1v) is 8.57. The number of carboxylic acid groups (broad SMARTS) is 1. The minimum atomic E-state index is -0.985. The van der Waals surface area contributed by atoms with E-state index in [1.807, 2.05) is 43.4 Å². The number of pyridine rings is 1. The van der Waals surface area contributed by atoms with Gasteiger partial charge in [-0.3, -0.25) is 4.90 Å². The molecule has 138 valence electrons. The van der Waals surface area contributed by atoms with Crippen LogP contribution in [0.15, 0.2) is 42.5 Å². The summed E-state index contributed by atoms with van der Waals surface area (Å²) >= 11 is 0. The number of aliphatic carboxylic acids is 1. The molecule has 0 saturated carbocycles. The van der Waals surface area contributed by atoms with Crippen LogP contribution in [0.25, 0.3) is 0 Å². The van der Waals surface area contributed by atoms with E-state index in [1.165, 1.54) is 0 Å². The zero-order valence-corrected chi connectivity index (χ0v) is 14.7. The molecule has 0 radical (unpaired) electrons. The van der Waals surface area contributed by atoms with Crippen LogP contribution in [-0.4, -0.2) is 54.3 Å². The normalized spacial score (nSPS) is 17.7. The summed E-state index contributed by atoms with van der Waals surface area (Å²) in [6.45, 7) is 2.46. The number of aromatic nitrogens is 1. The Morgan fingerprint density at radius 3 is 3.00 bits per heavy atom. The Balaban J connectivity index is 1.68. The number of rotatable bonds is 7. The van der Waals surface area contributed by atoms with Gasteiger partial charge in [0.15, 0.2) is 6.61 Å². The van der Waals surface area contributed by atoms with Crippen molar-refractivity contribution in [3.05, 3.63) is 53.7 Å². The first-order valence-electron chi connectivity index (χ1n) is 8.57. The van der Waals surface area contributed by atoms with Crippen LogP contribution in [-0.2, 0) is 16.1 Å². The number of nitrogens with zero attached hydrogens (tertiary/aromatic N) is 2. The van der Waals surface area contributed by atoms with Crippen LogP contribution in [0.4, 0.5) is 5.82 Å². The number of anilines is 1. The molecule has 1 atom stereocenters. The zero-order valence-electron chi connectivity index (χ0n) is 14.7. The minimum Gasteiger partial charge on any atom is -0.482 e. The van der Waals surface area contributed by atoms with E-state index in [4.69, 9.17) is 14.6 Å². The van der Waals surface area contributed by atoms with Crippen LogP contribution in [0.5, 0.6) is 5.75 Å². The maximum atomic E-state index is 10.8. The minimum absolute atomic E-state index is 0.0934. The highest BCUT2D eigenvalue weighted by Crippen LogP contribution is 2.25. The van der Waals surface area contributed by atoms with Gasteiger partial charge in [0.05, 0.1) is 12.3 Å². The Morgan fingerprint density at radius 2 is 2.19 bits per heavy atom. The zero-order chi connectivity index (χ0) is 18.4. The van der Waals surface area contributed by atoms with Crippen molar-refractivity contribution >= 4 is 11.8 Å². The van der Waals surface area contributed by atoms with Gasteiger partial charge in [0.25, 0.3) is 0 Å². The van der Waals surface area contributed by atoms with Crippen molar-refractivity contribution in [2.24, 2.45) is 0 Å². The number of benzene rings is 1. The van der Waals surface area contributed by atoms with E-state index in [0.29, 0.717) is 25.4 Å². The highest BCUT2D eigenvalue weighted by atomic mass is 16.5. The summed E-state index contributed by atoms with van der Waals surface area (Å²) in [6, 6.07) is 13.4. The van der Waals surface area contributed by atoms with Crippen molar-refractivity contribution in [3.8, 4) is 5.75 Å². The topological polar surface area (TPSA) is 83.9 Å². The Labute approximate surface area is 152 Å². The van der Waals surface area contributed by atoms with E-state index >= 15 is 0 Å². The molecule has 0 amide bonds. The third-order valence-electron chi connectivity index (χ3n) is 4.22. The van der Waals surface area contributed by atoms with Crippen molar-refractivity contribution < 1.29 is 19.4 Å². The van der Waals surface area contributed by atoms with Gasteiger partial charge < -0.3 is 19.9 Å². The molecule has 0 bridgehead atoms. The van der Waals surface area contributed by atoms with E-state index in [-0.39, 0.29) is 12.7 Å². The fraction of sp³-hybridized carbons (Fsp3) is 0.368. The Hall–Kier alpha value is -2.64. The average Bonchev–Trinajstić information content (AvgIpc) is 2.67. The molecule has 2 aromatic rings. The smallest absolute Gasteiger partial charge is 0.341 e. The molecular weight excluding hydrogens is 334 g/mol. The molecule has 0 unspecified atom stereocenters. The molecule has 1 fully saturated rings. The third-order valence-corrected chi connectivity index (χ3v) is 4.22. The summed E-state index contributed by atoms with van der Waals surface area (Å²) in [6.07, 6.45) is -0.0934. The number of carbonyl (C=O) groups is 1. The molecule has 7 nitrogen and oxygen atoms in total. The largest absolute Gasteiger partial charge is 0.482 e. The van der Waals surface area contributed by atoms with Crippen molar-refractivity contribution in [1.82, 2.24) is 9.88 Å². The van der Waals surface area contributed by atoms with Crippen LogP contribution in [0.3, 0.4) is 0 Å². The lowest BCUT2D eigenvalue weighted by molar-refractivity contribution is -0.139. The predicted octanol–water partition coefficient (Wildman–Crippen LogP) is 2.16. The molecule has 1 aliphatic heterocycles. The SMILES string of the molecule is CNc1cccc([C@@H]2CN(Cc3ccccc3OCC(=O)O)CCO2)n1. The number of hydrogen-bond acceptors (Lipinski definition) is 6. The van der Waals surface area contributed by atoms with Crippen molar-refractivity contribution in [1.29, 1.82) is 0 Å². The molecule has 3 rings (SSSR count). The van der Waals surface area contributed by atoms with Crippen LogP contribution in [0.2, 0.25) is 0 Å². The summed E-state index contributed by atoms with van der Waals surface area (Å²) in [5.74, 6) is 0.436. The molecule has 1 saturated heterocycles. The molecule has 26 heavy (non-hydrogen) atoms. The number of para-hydroxylation sites is 1. The quantitative estimate of drug-likeness (QED) is 0.785. The molecule has 0 aliphatic carbocycles. The molecule has 7 heteroatoms. The van der Waals surface area contributed by atoms with Crippen molar-refractivity contribution in [3.63, 3.8) is 0 Å². The third kappa shape index (κ3) is 4.71. The Kier molecular flexibility index (Phi) is 6.04. The monoisotopic (exact) mass is 357 g/mol. The van der Waals surface area contributed by atoms with E-state index in [0.717, 1.165) is 23.6 Å². The van der Waals surface area contributed by atoms with Gasteiger partial charge in [-0.2, -0.15) is 0 Å². The van der Waals surface area contributed by atoms with Gasteiger partial charge in [-0.05, 0) is 18.2 Å². The molecule has 2 heterocycles. The van der Waals surface area contributed by atoms with Crippen LogP contribution >= 0.6 is 0 Å². The first kappa shape index (κ1) is 18.2. The second-order valence-electron chi connectivity index (χ2n) is 6.08. The van der Waals surface area contributed by atoms with Gasteiger partial charge in [0.1, 0.15) is 17.7 Å². The number of ether oxygens (including phenoxy) is 2. The molecule has 1 aromatic carbocycles. The fourth-order valence-electron chi connectivity index (χ4n) is 2.95.